The Kier molecular flexibility index (Phi) is 10.8. The highest BCUT2D eigenvalue weighted by Crippen LogP contribution is 2.16. The molecule has 0 saturated heterocycles. The van der Waals surface area contributed by atoms with Crippen LogP contribution in [-0.4, -0.2) is 24.3 Å². The Bertz CT molecular complexity index is 694. The van der Waals surface area contributed by atoms with E-state index in [0.29, 0.717) is 19.7 Å². The van der Waals surface area contributed by atoms with Gasteiger partial charge in [-0.25, -0.2) is 4.99 Å². The number of nitrogens with zero attached hydrogens (tertiary/aromatic N) is 2. The molecule has 0 aliphatic rings. The van der Waals surface area contributed by atoms with E-state index in [1.54, 1.807) is 0 Å². The van der Waals surface area contributed by atoms with Crippen LogP contribution in [0.4, 0.5) is 0 Å². The zero-order chi connectivity index (χ0) is 18.8. The predicted molar refractivity (Wildman–Crippen MR) is 120 cm³/mol. The molecule has 2 rings (SSSR count). The fourth-order valence-electron chi connectivity index (χ4n) is 2.72. The third kappa shape index (κ3) is 7.04. The van der Waals surface area contributed by atoms with Crippen LogP contribution in [0.2, 0.25) is 0 Å². The molecule has 0 aliphatic carbocycles. The van der Waals surface area contributed by atoms with Crippen molar-refractivity contribution in [1.82, 2.24) is 15.8 Å². The van der Waals surface area contributed by atoms with Crippen molar-refractivity contribution in [1.29, 1.82) is 0 Å². The first-order valence-electron chi connectivity index (χ1n) is 9.41. The highest BCUT2D eigenvalue weighted by molar-refractivity contribution is 14.0. The van der Waals surface area contributed by atoms with Gasteiger partial charge in [-0.2, -0.15) is 0 Å². The zero-order valence-electron chi connectivity index (χ0n) is 16.7. The maximum Gasteiger partial charge on any atom is 0.191 e. The van der Waals surface area contributed by atoms with Crippen LogP contribution in [0.25, 0.3) is 0 Å². The van der Waals surface area contributed by atoms with Crippen molar-refractivity contribution < 1.29 is 9.26 Å². The van der Waals surface area contributed by atoms with E-state index in [2.05, 4.69) is 47.6 Å². The molecule has 6 nitrogen and oxygen atoms in total. The van der Waals surface area contributed by atoms with E-state index in [1.165, 1.54) is 0 Å². The summed E-state index contributed by atoms with van der Waals surface area (Å²) in [4.78, 5) is 4.68. The Labute approximate surface area is 179 Å². The number of hydrogen-bond acceptors (Lipinski definition) is 4. The largest absolute Gasteiger partial charge is 0.494 e. The molecule has 1 aromatic carbocycles. The van der Waals surface area contributed by atoms with E-state index in [-0.39, 0.29) is 24.0 Å². The van der Waals surface area contributed by atoms with Gasteiger partial charge in [-0.15, -0.1) is 24.0 Å². The maximum absolute atomic E-state index is 5.55. The Balaban J connectivity index is 0.00000364. The van der Waals surface area contributed by atoms with Gasteiger partial charge in [0.25, 0.3) is 0 Å². The van der Waals surface area contributed by atoms with E-state index in [9.17, 15) is 0 Å². The quantitative estimate of drug-likeness (QED) is 0.318. The lowest BCUT2D eigenvalue weighted by Gasteiger charge is -2.12. The highest BCUT2D eigenvalue weighted by Gasteiger charge is 2.13. The molecule has 0 radical (unpaired) electrons. The average molecular weight is 486 g/mol. The van der Waals surface area contributed by atoms with Crippen LogP contribution < -0.4 is 15.4 Å². The summed E-state index contributed by atoms with van der Waals surface area (Å²) >= 11 is 0. The van der Waals surface area contributed by atoms with Gasteiger partial charge in [-0.3, -0.25) is 0 Å². The molecule has 0 saturated carbocycles. The second kappa shape index (κ2) is 12.6. The normalized spacial score (nSPS) is 11.0. The molecule has 150 valence electrons. The molecular formula is C20H31IN4O2. The summed E-state index contributed by atoms with van der Waals surface area (Å²) in [5.41, 5.74) is 3.26. The molecule has 0 atom stereocenters. The van der Waals surface area contributed by atoms with Crippen molar-refractivity contribution in [2.75, 3.05) is 13.2 Å². The van der Waals surface area contributed by atoms with Crippen molar-refractivity contribution in [2.24, 2.45) is 4.99 Å². The molecule has 0 amide bonds. The third-order valence-electron chi connectivity index (χ3n) is 4.01. The van der Waals surface area contributed by atoms with Gasteiger partial charge >= 0.3 is 0 Å². The van der Waals surface area contributed by atoms with Gasteiger partial charge in [0.2, 0.25) is 0 Å². The minimum absolute atomic E-state index is 0. The first-order chi connectivity index (χ1) is 12.7. The Morgan fingerprint density at radius 1 is 1.15 bits per heavy atom. The summed E-state index contributed by atoms with van der Waals surface area (Å²) in [7, 11) is 0. The molecule has 27 heavy (non-hydrogen) atoms. The number of rotatable bonds is 9. The number of aliphatic imine (C=N–C) groups is 1. The fourth-order valence-corrected chi connectivity index (χ4v) is 2.72. The number of nitrogens with one attached hydrogen (secondary N) is 2. The van der Waals surface area contributed by atoms with E-state index in [1.807, 2.05) is 25.1 Å². The first kappa shape index (κ1) is 23.3. The van der Waals surface area contributed by atoms with Crippen molar-refractivity contribution in [3.8, 4) is 5.75 Å². The topological polar surface area (TPSA) is 71.7 Å². The minimum atomic E-state index is 0. The van der Waals surface area contributed by atoms with Crippen molar-refractivity contribution in [3.05, 3.63) is 46.8 Å². The monoisotopic (exact) mass is 486 g/mol. The van der Waals surface area contributed by atoms with Gasteiger partial charge < -0.3 is 19.9 Å². The standard InChI is InChI=1S/C20H30N4O2.HI/c1-5-18-17(19(6-2)26-24-18)14-23-20(21-7-3)22-13-15-10-9-11-16(12-15)25-8-4;/h9-12H,5-8,13-14H2,1-4H3,(H2,21,22,23);1H. The number of ether oxygens (including phenoxy) is 1. The fraction of sp³-hybridized carbons (Fsp3) is 0.500. The summed E-state index contributed by atoms with van der Waals surface area (Å²) in [5.74, 6) is 2.59. The first-order valence-corrected chi connectivity index (χ1v) is 9.41. The summed E-state index contributed by atoms with van der Waals surface area (Å²) in [6, 6.07) is 8.04. The predicted octanol–water partition coefficient (Wildman–Crippen LogP) is 4.07. The molecule has 1 heterocycles. The van der Waals surface area contributed by atoms with Crippen LogP contribution >= 0.6 is 24.0 Å². The smallest absolute Gasteiger partial charge is 0.191 e. The Morgan fingerprint density at radius 3 is 2.63 bits per heavy atom. The molecular weight excluding hydrogens is 455 g/mol. The van der Waals surface area contributed by atoms with E-state index >= 15 is 0 Å². The van der Waals surface area contributed by atoms with Crippen molar-refractivity contribution in [2.45, 2.75) is 53.6 Å². The van der Waals surface area contributed by atoms with Gasteiger partial charge in [0.05, 0.1) is 18.8 Å². The van der Waals surface area contributed by atoms with Crippen LogP contribution in [0, 0.1) is 0 Å². The summed E-state index contributed by atoms with van der Waals surface area (Å²) < 4.78 is 11.0. The maximum atomic E-state index is 5.55. The van der Waals surface area contributed by atoms with Crippen LogP contribution in [0.15, 0.2) is 33.8 Å². The number of guanidine groups is 1. The molecule has 0 unspecified atom stereocenters. The summed E-state index contributed by atoms with van der Waals surface area (Å²) in [6.07, 6.45) is 1.69. The number of halogens is 1. The second-order valence-corrected chi connectivity index (χ2v) is 5.87. The summed E-state index contributed by atoms with van der Waals surface area (Å²) in [5, 5.41) is 10.8. The average Bonchev–Trinajstić information content (AvgIpc) is 3.06. The second-order valence-electron chi connectivity index (χ2n) is 5.87. The molecule has 0 fully saturated rings. The number of benzene rings is 1. The minimum Gasteiger partial charge on any atom is -0.494 e. The van der Waals surface area contributed by atoms with E-state index in [0.717, 1.165) is 53.7 Å². The lowest BCUT2D eigenvalue weighted by Crippen LogP contribution is -2.37. The molecule has 0 spiro atoms. The summed E-state index contributed by atoms with van der Waals surface area (Å²) in [6.45, 7) is 10.9. The van der Waals surface area contributed by atoms with Gasteiger partial charge in [0, 0.05) is 25.1 Å². The number of hydrogen-bond donors (Lipinski definition) is 2. The molecule has 7 heteroatoms. The van der Waals surface area contributed by atoms with Crippen LogP contribution in [-0.2, 0) is 25.9 Å². The van der Waals surface area contributed by atoms with Gasteiger partial charge in [-0.1, -0.05) is 31.1 Å². The Hall–Kier alpha value is -1.77. The van der Waals surface area contributed by atoms with Crippen molar-refractivity contribution >= 4 is 29.9 Å². The Morgan fingerprint density at radius 2 is 1.96 bits per heavy atom. The van der Waals surface area contributed by atoms with Gasteiger partial charge in [0.15, 0.2) is 5.96 Å². The molecule has 2 N–H and O–H groups in total. The van der Waals surface area contributed by atoms with Crippen LogP contribution in [0.1, 0.15) is 50.3 Å². The number of aryl methyl sites for hydroxylation is 2. The van der Waals surface area contributed by atoms with Crippen LogP contribution in [0.3, 0.4) is 0 Å². The SMILES string of the molecule is CCNC(=NCc1cccc(OCC)c1)NCc1c(CC)noc1CC.I. The zero-order valence-corrected chi connectivity index (χ0v) is 19.0. The molecule has 1 aromatic heterocycles. The lowest BCUT2D eigenvalue weighted by molar-refractivity contribution is 0.340. The molecule has 0 bridgehead atoms. The van der Waals surface area contributed by atoms with E-state index in [4.69, 9.17) is 9.26 Å². The van der Waals surface area contributed by atoms with Gasteiger partial charge in [0.1, 0.15) is 11.5 Å². The van der Waals surface area contributed by atoms with Crippen LogP contribution in [0.5, 0.6) is 5.75 Å². The molecule has 2 aromatic rings. The van der Waals surface area contributed by atoms with E-state index < -0.39 is 0 Å². The number of aromatic nitrogens is 1. The lowest BCUT2D eigenvalue weighted by atomic mass is 10.1. The van der Waals surface area contributed by atoms with Gasteiger partial charge in [-0.05, 0) is 38.0 Å². The highest BCUT2D eigenvalue weighted by atomic mass is 127. The third-order valence-corrected chi connectivity index (χ3v) is 4.01. The van der Waals surface area contributed by atoms with Crippen molar-refractivity contribution in [3.63, 3.8) is 0 Å². The molecule has 0 aliphatic heterocycles.